The van der Waals surface area contributed by atoms with Crippen LogP contribution < -0.4 is 10.2 Å². The fourth-order valence-electron chi connectivity index (χ4n) is 2.74. The van der Waals surface area contributed by atoms with E-state index in [4.69, 9.17) is 4.74 Å². The molecule has 1 heterocycles. The summed E-state index contributed by atoms with van der Waals surface area (Å²) < 4.78 is 5.25. The highest BCUT2D eigenvalue weighted by Crippen LogP contribution is 2.20. The van der Waals surface area contributed by atoms with Gasteiger partial charge >= 0.3 is 5.97 Å². The second-order valence-corrected chi connectivity index (χ2v) is 6.27. The Morgan fingerprint density at radius 1 is 1.14 bits per heavy atom. The summed E-state index contributed by atoms with van der Waals surface area (Å²) in [5, 5.41) is 13.3. The van der Waals surface area contributed by atoms with Gasteiger partial charge in [-0.2, -0.15) is 0 Å². The Hall–Kier alpha value is -3.68. The molecule has 0 bridgehead atoms. The molecule has 28 heavy (non-hydrogen) atoms. The Morgan fingerprint density at radius 2 is 1.86 bits per heavy atom. The molecule has 144 valence electrons. The molecule has 0 radical (unpaired) electrons. The van der Waals surface area contributed by atoms with E-state index in [1.807, 2.05) is 18.2 Å². The maximum atomic E-state index is 12.4. The number of esters is 1. The summed E-state index contributed by atoms with van der Waals surface area (Å²) >= 11 is 0. The first-order valence-electron chi connectivity index (χ1n) is 8.70. The van der Waals surface area contributed by atoms with Crippen LogP contribution in [0.1, 0.15) is 17.3 Å². The van der Waals surface area contributed by atoms with Gasteiger partial charge in [-0.25, -0.2) is 4.79 Å². The maximum Gasteiger partial charge on any atom is 0.338 e. The van der Waals surface area contributed by atoms with Gasteiger partial charge in [0.2, 0.25) is 0 Å². The third-order valence-corrected chi connectivity index (χ3v) is 4.24. The first-order valence-corrected chi connectivity index (χ1v) is 8.70. The SMILES string of the molecule is CC(OC(=O)c1cccc(N2CC=CC2)c1)C(=O)Nc1cccc([N+](=O)[O-])c1. The molecule has 1 aliphatic heterocycles. The zero-order valence-corrected chi connectivity index (χ0v) is 15.2. The number of non-ortho nitro benzene ring substituents is 1. The number of ether oxygens (including phenoxy) is 1. The molecule has 0 saturated carbocycles. The van der Waals surface area contributed by atoms with Gasteiger partial charge < -0.3 is 15.0 Å². The fraction of sp³-hybridized carbons (Fsp3) is 0.200. The molecule has 3 rings (SSSR count). The van der Waals surface area contributed by atoms with E-state index in [9.17, 15) is 19.7 Å². The first-order chi connectivity index (χ1) is 13.4. The van der Waals surface area contributed by atoms with Crippen LogP contribution in [0.15, 0.2) is 60.7 Å². The molecule has 1 atom stereocenters. The molecule has 0 spiro atoms. The maximum absolute atomic E-state index is 12.4. The minimum absolute atomic E-state index is 0.143. The van der Waals surface area contributed by atoms with E-state index in [1.54, 1.807) is 18.2 Å². The second-order valence-electron chi connectivity index (χ2n) is 6.27. The molecule has 0 fully saturated rings. The van der Waals surface area contributed by atoms with Crippen molar-refractivity contribution in [2.75, 3.05) is 23.3 Å². The molecule has 8 heteroatoms. The molecule has 1 unspecified atom stereocenters. The predicted molar refractivity (Wildman–Crippen MR) is 104 cm³/mol. The summed E-state index contributed by atoms with van der Waals surface area (Å²) in [5.74, 6) is -1.19. The summed E-state index contributed by atoms with van der Waals surface area (Å²) in [6.45, 7) is 3.00. The van der Waals surface area contributed by atoms with Crippen molar-refractivity contribution in [3.63, 3.8) is 0 Å². The molecule has 1 amide bonds. The lowest BCUT2D eigenvalue weighted by Crippen LogP contribution is -2.30. The first kappa shape index (κ1) is 19.1. The Balaban J connectivity index is 1.62. The quantitative estimate of drug-likeness (QED) is 0.357. The lowest BCUT2D eigenvalue weighted by atomic mass is 10.2. The second kappa shape index (κ2) is 8.34. The van der Waals surface area contributed by atoms with Crippen LogP contribution in [0.4, 0.5) is 17.1 Å². The number of anilines is 2. The van der Waals surface area contributed by atoms with Crippen LogP contribution in [0, 0.1) is 10.1 Å². The zero-order valence-electron chi connectivity index (χ0n) is 15.2. The highest BCUT2D eigenvalue weighted by Gasteiger charge is 2.20. The number of benzene rings is 2. The van der Waals surface area contributed by atoms with Gasteiger partial charge in [-0.3, -0.25) is 14.9 Å². The van der Waals surface area contributed by atoms with Gasteiger partial charge in [0, 0.05) is 36.6 Å². The van der Waals surface area contributed by atoms with Crippen LogP contribution >= 0.6 is 0 Å². The number of nitrogens with zero attached hydrogens (tertiary/aromatic N) is 2. The number of rotatable bonds is 6. The summed E-state index contributed by atoms with van der Waals surface area (Å²) in [5.41, 5.74) is 1.36. The number of hydrogen-bond acceptors (Lipinski definition) is 6. The van der Waals surface area contributed by atoms with E-state index in [0.717, 1.165) is 18.8 Å². The van der Waals surface area contributed by atoms with Crippen molar-refractivity contribution in [2.24, 2.45) is 0 Å². The smallest absolute Gasteiger partial charge is 0.338 e. The van der Waals surface area contributed by atoms with Crippen LogP contribution in [0.5, 0.6) is 0 Å². The topological polar surface area (TPSA) is 102 Å². The summed E-state index contributed by atoms with van der Waals surface area (Å²) in [6.07, 6.45) is 3.03. The van der Waals surface area contributed by atoms with Gasteiger partial charge in [0.25, 0.3) is 11.6 Å². The molecule has 0 aliphatic carbocycles. The van der Waals surface area contributed by atoms with Crippen molar-refractivity contribution in [1.82, 2.24) is 0 Å². The Morgan fingerprint density at radius 3 is 2.57 bits per heavy atom. The van der Waals surface area contributed by atoms with Crippen LogP contribution in [-0.2, 0) is 9.53 Å². The Kier molecular flexibility index (Phi) is 5.69. The number of nitrogens with one attached hydrogen (secondary N) is 1. The van der Waals surface area contributed by atoms with Crippen molar-refractivity contribution in [1.29, 1.82) is 0 Å². The van der Waals surface area contributed by atoms with E-state index >= 15 is 0 Å². The molecule has 2 aromatic carbocycles. The van der Waals surface area contributed by atoms with Gasteiger partial charge in [0.05, 0.1) is 10.5 Å². The van der Waals surface area contributed by atoms with Crippen molar-refractivity contribution >= 4 is 28.9 Å². The minimum Gasteiger partial charge on any atom is -0.449 e. The number of carbonyl (C=O) groups is 2. The number of carbonyl (C=O) groups excluding carboxylic acids is 2. The largest absolute Gasteiger partial charge is 0.449 e. The zero-order chi connectivity index (χ0) is 20.1. The van der Waals surface area contributed by atoms with Crippen molar-refractivity contribution in [3.05, 3.63) is 76.4 Å². The van der Waals surface area contributed by atoms with Crippen LogP contribution in [-0.4, -0.2) is 36.0 Å². The molecule has 1 aliphatic rings. The molecule has 1 N–H and O–H groups in total. The fourth-order valence-corrected chi connectivity index (χ4v) is 2.74. The number of hydrogen-bond donors (Lipinski definition) is 1. The highest BCUT2D eigenvalue weighted by atomic mass is 16.6. The lowest BCUT2D eigenvalue weighted by molar-refractivity contribution is -0.384. The van der Waals surface area contributed by atoms with Crippen molar-refractivity contribution < 1.29 is 19.2 Å². The Bertz CT molecular complexity index is 933. The van der Waals surface area contributed by atoms with Gasteiger partial charge in [-0.15, -0.1) is 0 Å². The molecular formula is C20H19N3O5. The van der Waals surface area contributed by atoms with Crippen molar-refractivity contribution in [2.45, 2.75) is 13.0 Å². The molecule has 0 aromatic heterocycles. The van der Waals surface area contributed by atoms with E-state index in [2.05, 4.69) is 10.2 Å². The van der Waals surface area contributed by atoms with E-state index in [1.165, 1.54) is 31.2 Å². The lowest BCUT2D eigenvalue weighted by Gasteiger charge is -2.18. The van der Waals surface area contributed by atoms with Gasteiger partial charge in [-0.1, -0.05) is 24.3 Å². The molecule has 8 nitrogen and oxygen atoms in total. The molecule has 0 saturated heterocycles. The minimum atomic E-state index is -1.07. The average Bonchev–Trinajstić information content (AvgIpc) is 3.23. The summed E-state index contributed by atoms with van der Waals surface area (Å²) in [6, 6.07) is 12.6. The monoisotopic (exact) mass is 381 g/mol. The standard InChI is InChI=1S/C20H19N3O5/c1-14(19(24)21-16-7-5-9-18(13-16)23(26)27)28-20(25)15-6-4-8-17(12-15)22-10-2-3-11-22/h2-9,12-14H,10-11H2,1H3,(H,21,24). The summed E-state index contributed by atoms with van der Waals surface area (Å²) in [7, 11) is 0. The third kappa shape index (κ3) is 4.53. The van der Waals surface area contributed by atoms with Crippen LogP contribution in [0.3, 0.4) is 0 Å². The normalized spacial score (nSPS) is 13.8. The Labute approximate surface area is 161 Å². The highest BCUT2D eigenvalue weighted by molar-refractivity contribution is 5.97. The number of nitro benzene ring substituents is 1. The van der Waals surface area contributed by atoms with Crippen LogP contribution in [0.2, 0.25) is 0 Å². The van der Waals surface area contributed by atoms with Crippen molar-refractivity contribution in [3.8, 4) is 0 Å². The summed E-state index contributed by atoms with van der Waals surface area (Å²) in [4.78, 5) is 37.0. The molecule has 2 aromatic rings. The van der Waals surface area contributed by atoms with Gasteiger partial charge in [0.1, 0.15) is 0 Å². The van der Waals surface area contributed by atoms with Crippen LogP contribution in [0.25, 0.3) is 0 Å². The third-order valence-electron chi connectivity index (χ3n) is 4.24. The molecular weight excluding hydrogens is 362 g/mol. The van der Waals surface area contributed by atoms with Gasteiger partial charge in [-0.05, 0) is 31.2 Å². The van der Waals surface area contributed by atoms with Gasteiger partial charge in [0.15, 0.2) is 6.10 Å². The number of amides is 1. The predicted octanol–water partition coefficient (Wildman–Crippen LogP) is 3.16. The number of nitro groups is 1. The van der Waals surface area contributed by atoms with E-state index in [-0.39, 0.29) is 11.4 Å². The van der Waals surface area contributed by atoms with E-state index < -0.39 is 22.9 Å². The van der Waals surface area contributed by atoms with E-state index in [0.29, 0.717) is 5.56 Å². The average molecular weight is 381 g/mol.